The topological polar surface area (TPSA) is 80.9 Å². The quantitative estimate of drug-likeness (QED) is 0.248. The summed E-state index contributed by atoms with van der Waals surface area (Å²) in [6, 6.07) is 29.1. The summed E-state index contributed by atoms with van der Waals surface area (Å²) in [4.78, 5) is 0. The molecule has 0 aliphatic rings. The maximum atomic E-state index is 9.37. The smallest absolute Gasteiger partial charge is 0.115 e. The zero-order valence-corrected chi connectivity index (χ0v) is 20.7. The maximum Gasteiger partial charge on any atom is 0.115 e. The average molecular weight is 471 g/mol. The zero-order valence-electron chi connectivity index (χ0n) is 20.7. The van der Waals surface area contributed by atoms with Crippen LogP contribution in [0.25, 0.3) is 0 Å². The molecule has 4 nitrogen and oxygen atoms in total. The molecule has 0 heterocycles. The van der Waals surface area contributed by atoms with Gasteiger partial charge in [0.05, 0.1) is 0 Å². The molecule has 4 aromatic carbocycles. The van der Waals surface area contributed by atoms with Crippen LogP contribution in [0.2, 0.25) is 0 Å². The molecule has 0 fully saturated rings. The van der Waals surface area contributed by atoms with Gasteiger partial charge in [-0.3, -0.25) is 0 Å². The van der Waals surface area contributed by atoms with Crippen molar-refractivity contribution in [1.29, 1.82) is 0 Å². The monoisotopic (exact) mass is 470 g/mol. The molecule has 0 aromatic heterocycles. The molecule has 182 valence electrons. The Balaban J connectivity index is 0.000000196. The number of aromatic hydroxyl groups is 4. The molecule has 4 aromatic rings. The number of benzene rings is 4. The third-order valence-electron chi connectivity index (χ3n) is 6.89. The SMILES string of the molecule is CC(C)(c1ccc(O)cc1)c1ccc(O)cc1.CCC(C)(c1ccc(O)cc1)c1ccc(O)cc1. The summed E-state index contributed by atoms with van der Waals surface area (Å²) >= 11 is 0. The van der Waals surface area contributed by atoms with Gasteiger partial charge in [0, 0.05) is 10.8 Å². The third-order valence-corrected chi connectivity index (χ3v) is 6.89. The molecule has 4 heteroatoms. The van der Waals surface area contributed by atoms with E-state index in [4.69, 9.17) is 0 Å². The third kappa shape index (κ3) is 5.96. The first-order valence-corrected chi connectivity index (χ1v) is 11.7. The molecule has 0 radical (unpaired) electrons. The van der Waals surface area contributed by atoms with Crippen molar-refractivity contribution in [2.45, 2.75) is 44.9 Å². The highest BCUT2D eigenvalue weighted by atomic mass is 16.3. The molecule has 0 saturated carbocycles. The number of hydrogen-bond acceptors (Lipinski definition) is 4. The van der Waals surface area contributed by atoms with Crippen LogP contribution in [-0.4, -0.2) is 20.4 Å². The van der Waals surface area contributed by atoms with Gasteiger partial charge in [0.15, 0.2) is 0 Å². The Morgan fingerprint density at radius 3 is 0.886 bits per heavy atom. The van der Waals surface area contributed by atoms with E-state index >= 15 is 0 Å². The number of hydrogen-bond donors (Lipinski definition) is 4. The highest BCUT2D eigenvalue weighted by Crippen LogP contribution is 2.36. The standard InChI is InChI=1S/C16H18O2.C15H16O2/c1-3-16(2,12-4-8-14(17)9-5-12)13-6-10-15(18)11-7-13;1-15(2,11-3-7-13(16)8-4-11)12-5-9-14(17)10-6-12/h4-11,17-18H,3H2,1-2H3;3-10,16-17H,1-2H3. The molecule has 0 unspecified atom stereocenters. The molecule has 0 atom stereocenters. The van der Waals surface area contributed by atoms with Crippen molar-refractivity contribution in [2.24, 2.45) is 0 Å². The number of phenols is 4. The van der Waals surface area contributed by atoms with Gasteiger partial charge >= 0.3 is 0 Å². The van der Waals surface area contributed by atoms with Crippen LogP contribution >= 0.6 is 0 Å². The second-order valence-corrected chi connectivity index (χ2v) is 9.50. The van der Waals surface area contributed by atoms with E-state index in [-0.39, 0.29) is 33.8 Å². The summed E-state index contributed by atoms with van der Waals surface area (Å²) in [7, 11) is 0. The minimum absolute atomic E-state index is 0.110. The average Bonchev–Trinajstić information content (AvgIpc) is 2.85. The number of phenolic OH excluding ortho intramolecular Hbond substituents is 4. The van der Waals surface area contributed by atoms with Crippen molar-refractivity contribution in [3.8, 4) is 23.0 Å². The van der Waals surface area contributed by atoms with Gasteiger partial charge in [-0.2, -0.15) is 0 Å². The van der Waals surface area contributed by atoms with E-state index in [1.54, 1.807) is 48.5 Å². The van der Waals surface area contributed by atoms with Crippen molar-refractivity contribution >= 4 is 0 Å². The summed E-state index contributed by atoms with van der Waals surface area (Å²) in [6.07, 6.45) is 0.947. The predicted molar refractivity (Wildman–Crippen MR) is 141 cm³/mol. The molecule has 0 aliphatic carbocycles. The van der Waals surface area contributed by atoms with Crippen molar-refractivity contribution in [1.82, 2.24) is 0 Å². The van der Waals surface area contributed by atoms with Gasteiger partial charge < -0.3 is 20.4 Å². The van der Waals surface area contributed by atoms with Crippen molar-refractivity contribution < 1.29 is 20.4 Å². The molecule has 35 heavy (non-hydrogen) atoms. The largest absolute Gasteiger partial charge is 0.508 e. The molecular weight excluding hydrogens is 436 g/mol. The van der Waals surface area contributed by atoms with Crippen LogP contribution in [0.1, 0.15) is 56.4 Å². The molecule has 0 saturated heterocycles. The van der Waals surface area contributed by atoms with Gasteiger partial charge in [0.1, 0.15) is 23.0 Å². The Kier molecular flexibility index (Phi) is 7.75. The van der Waals surface area contributed by atoms with E-state index in [1.807, 2.05) is 48.5 Å². The first kappa shape index (κ1) is 25.7. The molecule has 4 N–H and O–H groups in total. The van der Waals surface area contributed by atoms with E-state index in [9.17, 15) is 20.4 Å². The molecule has 0 amide bonds. The van der Waals surface area contributed by atoms with E-state index in [2.05, 4.69) is 27.7 Å². The van der Waals surface area contributed by atoms with Crippen LogP contribution < -0.4 is 0 Å². The van der Waals surface area contributed by atoms with Crippen molar-refractivity contribution in [2.75, 3.05) is 0 Å². The Morgan fingerprint density at radius 2 is 0.657 bits per heavy atom. The minimum atomic E-state index is -0.151. The van der Waals surface area contributed by atoms with E-state index in [0.29, 0.717) is 0 Å². The van der Waals surface area contributed by atoms with E-state index in [0.717, 1.165) is 28.7 Å². The van der Waals surface area contributed by atoms with Gasteiger partial charge in [-0.25, -0.2) is 0 Å². The second kappa shape index (κ2) is 10.6. The van der Waals surface area contributed by atoms with Crippen molar-refractivity contribution in [3.63, 3.8) is 0 Å². The van der Waals surface area contributed by atoms with Gasteiger partial charge in [-0.1, -0.05) is 76.2 Å². The van der Waals surface area contributed by atoms with Crippen LogP contribution in [0.3, 0.4) is 0 Å². The first-order valence-electron chi connectivity index (χ1n) is 11.7. The summed E-state index contributed by atoms with van der Waals surface area (Å²) in [5.74, 6) is 1.11. The second-order valence-electron chi connectivity index (χ2n) is 9.50. The minimum Gasteiger partial charge on any atom is -0.508 e. The van der Waals surface area contributed by atoms with Gasteiger partial charge in [0.25, 0.3) is 0 Å². The van der Waals surface area contributed by atoms with Crippen molar-refractivity contribution in [3.05, 3.63) is 119 Å². The molecule has 0 aliphatic heterocycles. The lowest BCUT2D eigenvalue weighted by molar-refractivity contribution is 0.471. The van der Waals surface area contributed by atoms with Gasteiger partial charge in [-0.15, -0.1) is 0 Å². The normalized spacial score (nSPS) is 11.4. The van der Waals surface area contributed by atoms with Crippen LogP contribution in [0.15, 0.2) is 97.1 Å². The van der Waals surface area contributed by atoms with Gasteiger partial charge in [-0.05, 0) is 77.2 Å². The zero-order chi connectivity index (χ0) is 25.6. The highest BCUT2D eigenvalue weighted by molar-refractivity contribution is 5.43. The summed E-state index contributed by atoms with van der Waals surface area (Å²) < 4.78 is 0. The molecule has 4 rings (SSSR count). The summed E-state index contributed by atoms with van der Waals surface area (Å²) in [6.45, 7) is 8.54. The molecular formula is C31H34O4. The Hall–Kier alpha value is -3.92. The maximum absolute atomic E-state index is 9.37. The highest BCUT2D eigenvalue weighted by Gasteiger charge is 2.26. The van der Waals surface area contributed by atoms with Crippen LogP contribution in [0, 0.1) is 0 Å². The fraction of sp³-hybridized carbons (Fsp3) is 0.226. The van der Waals surface area contributed by atoms with Crippen LogP contribution in [0.4, 0.5) is 0 Å². The van der Waals surface area contributed by atoms with Gasteiger partial charge in [0.2, 0.25) is 0 Å². The predicted octanol–water partition coefficient (Wildman–Crippen LogP) is 7.24. The Morgan fingerprint density at radius 1 is 0.429 bits per heavy atom. The summed E-state index contributed by atoms with van der Waals surface area (Å²) in [5.41, 5.74) is 4.31. The fourth-order valence-electron chi connectivity index (χ4n) is 4.16. The lowest BCUT2D eigenvalue weighted by Crippen LogP contribution is -2.22. The Labute approximate surface area is 207 Å². The first-order chi connectivity index (χ1) is 16.6. The lowest BCUT2D eigenvalue weighted by Gasteiger charge is -2.29. The number of rotatable bonds is 5. The Bertz CT molecular complexity index is 1110. The fourth-order valence-corrected chi connectivity index (χ4v) is 4.16. The molecule has 0 spiro atoms. The summed E-state index contributed by atoms with van der Waals surface area (Å²) in [5, 5.41) is 37.3. The van der Waals surface area contributed by atoms with E-state index < -0.39 is 0 Å². The lowest BCUT2D eigenvalue weighted by atomic mass is 9.74. The van der Waals surface area contributed by atoms with Crippen LogP contribution in [-0.2, 0) is 10.8 Å². The van der Waals surface area contributed by atoms with E-state index in [1.165, 1.54) is 0 Å². The molecule has 0 bridgehead atoms. The van der Waals surface area contributed by atoms with Crippen LogP contribution in [0.5, 0.6) is 23.0 Å².